The largest absolute Gasteiger partial charge is 0.248 e. The van der Waals surface area contributed by atoms with E-state index < -0.39 is 0 Å². The Labute approximate surface area is 115 Å². The van der Waals surface area contributed by atoms with Crippen molar-refractivity contribution in [3.8, 4) is 11.3 Å². The highest BCUT2D eigenvalue weighted by molar-refractivity contribution is 6.35. The average molecular weight is 274 g/mol. The summed E-state index contributed by atoms with van der Waals surface area (Å²) in [5.41, 5.74) is 2.64. The fourth-order valence-corrected chi connectivity index (χ4v) is 2.30. The second-order valence-corrected chi connectivity index (χ2v) is 4.86. The van der Waals surface area contributed by atoms with Crippen molar-refractivity contribution in [2.45, 2.75) is 0 Å². The van der Waals surface area contributed by atoms with Gasteiger partial charge in [-0.3, -0.25) is 0 Å². The van der Waals surface area contributed by atoms with Crippen LogP contribution in [-0.2, 0) is 0 Å². The van der Waals surface area contributed by atoms with Crippen LogP contribution in [0.5, 0.6) is 0 Å². The van der Waals surface area contributed by atoms with Crippen LogP contribution in [0.3, 0.4) is 0 Å². The van der Waals surface area contributed by atoms with Crippen molar-refractivity contribution < 1.29 is 0 Å². The van der Waals surface area contributed by atoms with Crippen LogP contribution in [0.2, 0.25) is 10.0 Å². The summed E-state index contributed by atoms with van der Waals surface area (Å²) in [6.07, 6.45) is 0. The molecule has 0 atom stereocenters. The first-order chi connectivity index (χ1) is 8.74. The molecule has 2 aromatic carbocycles. The van der Waals surface area contributed by atoms with Crippen LogP contribution >= 0.6 is 23.2 Å². The Hall–Kier alpha value is -1.57. The minimum Gasteiger partial charge on any atom is -0.248 e. The van der Waals surface area contributed by atoms with Crippen molar-refractivity contribution in [3.05, 3.63) is 64.6 Å². The van der Waals surface area contributed by atoms with Gasteiger partial charge < -0.3 is 0 Å². The van der Waals surface area contributed by atoms with Gasteiger partial charge >= 0.3 is 0 Å². The number of fused-ring (bicyclic) bond motifs is 1. The molecular weight excluding hydrogens is 265 g/mol. The highest BCUT2D eigenvalue weighted by Crippen LogP contribution is 2.30. The zero-order chi connectivity index (χ0) is 12.5. The number of nitrogens with zero attached hydrogens (tertiary/aromatic N) is 1. The Morgan fingerprint density at radius 1 is 0.833 bits per heavy atom. The van der Waals surface area contributed by atoms with Crippen molar-refractivity contribution in [3.63, 3.8) is 0 Å². The highest BCUT2D eigenvalue weighted by Gasteiger charge is 2.06. The van der Waals surface area contributed by atoms with Gasteiger partial charge in [-0.25, -0.2) is 4.98 Å². The summed E-state index contributed by atoms with van der Waals surface area (Å²) in [6, 6.07) is 17.4. The van der Waals surface area contributed by atoms with Crippen molar-refractivity contribution in [1.29, 1.82) is 0 Å². The second-order valence-electron chi connectivity index (χ2n) is 4.01. The van der Waals surface area contributed by atoms with Crippen molar-refractivity contribution in [1.82, 2.24) is 4.98 Å². The fourth-order valence-electron chi connectivity index (χ4n) is 1.91. The van der Waals surface area contributed by atoms with Gasteiger partial charge in [-0.05, 0) is 30.3 Å². The molecule has 0 aliphatic heterocycles. The third-order valence-electron chi connectivity index (χ3n) is 2.80. The summed E-state index contributed by atoms with van der Waals surface area (Å²) in [5.74, 6) is 0. The molecule has 0 unspecified atom stereocenters. The number of hydrogen-bond donors (Lipinski definition) is 0. The molecular formula is C15H9Cl2N. The molecule has 88 valence electrons. The first kappa shape index (κ1) is 11.5. The van der Waals surface area contributed by atoms with E-state index in [0.29, 0.717) is 10.0 Å². The minimum atomic E-state index is 0.655. The van der Waals surface area contributed by atoms with E-state index in [0.717, 1.165) is 22.2 Å². The summed E-state index contributed by atoms with van der Waals surface area (Å²) in [4.78, 5) is 4.60. The summed E-state index contributed by atoms with van der Waals surface area (Å²) in [6.45, 7) is 0. The van der Waals surface area contributed by atoms with E-state index in [1.807, 2.05) is 42.5 Å². The molecule has 0 aliphatic rings. The van der Waals surface area contributed by atoms with Gasteiger partial charge in [-0.2, -0.15) is 0 Å². The topological polar surface area (TPSA) is 12.9 Å². The smallest absolute Gasteiger partial charge is 0.0725 e. The predicted molar refractivity (Wildman–Crippen MR) is 77.2 cm³/mol. The summed E-state index contributed by atoms with van der Waals surface area (Å²) in [7, 11) is 0. The molecule has 1 heterocycles. The van der Waals surface area contributed by atoms with Crippen LogP contribution in [0.4, 0.5) is 0 Å². The molecule has 18 heavy (non-hydrogen) atoms. The lowest BCUT2D eigenvalue weighted by Crippen LogP contribution is -1.86. The maximum atomic E-state index is 6.18. The van der Waals surface area contributed by atoms with E-state index in [1.54, 1.807) is 12.1 Å². The van der Waals surface area contributed by atoms with Gasteiger partial charge in [0, 0.05) is 16.0 Å². The molecule has 0 fully saturated rings. The Kier molecular flexibility index (Phi) is 2.94. The van der Waals surface area contributed by atoms with Crippen molar-refractivity contribution in [2.75, 3.05) is 0 Å². The summed E-state index contributed by atoms with van der Waals surface area (Å²) >= 11 is 12.2. The van der Waals surface area contributed by atoms with Gasteiger partial charge in [0.25, 0.3) is 0 Å². The molecule has 0 N–H and O–H groups in total. The summed E-state index contributed by atoms with van der Waals surface area (Å²) in [5, 5.41) is 2.42. The molecule has 0 saturated carbocycles. The first-order valence-corrected chi connectivity index (χ1v) is 6.31. The van der Waals surface area contributed by atoms with Crippen LogP contribution in [0, 0.1) is 0 Å². The lowest BCUT2D eigenvalue weighted by Gasteiger charge is -2.05. The van der Waals surface area contributed by atoms with Gasteiger partial charge in [0.2, 0.25) is 0 Å². The van der Waals surface area contributed by atoms with Crippen LogP contribution in [0.25, 0.3) is 22.2 Å². The number of pyridine rings is 1. The van der Waals surface area contributed by atoms with E-state index in [9.17, 15) is 0 Å². The number of rotatable bonds is 1. The number of halogens is 2. The number of hydrogen-bond acceptors (Lipinski definition) is 1. The lowest BCUT2D eigenvalue weighted by molar-refractivity contribution is 1.40. The Morgan fingerprint density at radius 2 is 1.67 bits per heavy atom. The standard InChI is InChI=1S/C15H9Cl2N/c16-11-6-7-13(17)12(9-11)15-8-5-10-3-1-2-4-14(10)18-15/h1-9H. The predicted octanol–water partition coefficient (Wildman–Crippen LogP) is 5.21. The van der Waals surface area contributed by atoms with E-state index >= 15 is 0 Å². The quantitative estimate of drug-likeness (QED) is 0.593. The second kappa shape index (κ2) is 4.60. The Morgan fingerprint density at radius 3 is 2.56 bits per heavy atom. The molecule has 3 rings (SSSR count). The molecule has 1 nitrogen and oxygen atoms in total. The molecule has 0 bridgehead atoms. The number of aromatic nitrogens is 1. The van der Waals surface area contributed by atoms with Crippen LogP contribution in [0.15, 0.2) is 54.6 Å². The zero-order valence-electron chi connectivity index (χ0n) is 9.40. The molecule has 3 heteroatoms. The normalized spacial score (nSPS) is 10.8. The van der Waals surface area contributed by atoms with Gasteiger partial charge in [0.1, 0.15) is 0 Å². The Balaban J connectivity index is 2.22. The lowest BCUT2D eigenvalue weighted by atomic mass is 10.1. The first-order valence-electron chi connectivity index (χ1n) is 5.55. The van der Waals surface area contributed by atoms with Gasteiger partial charge in [0.05, 0.1) is 16.2 Å². The van der Waals surface area contributed by atoms with Crippen molar-refractivity contribution >= 4 is 34.1 Å². The van der Waals surface area contributed by atoms with E-state index in [-0.39, 0.29) is 0 Å². The monoisotopic (exact) mass is 273 g/mol. The maximum Gasteiger partial charge on any atom is 0.0725 e. The SMILES string of the molecule is Clc1ccc(Cl)c(-c2ccc3ccccc3n2)c1. The molecule has 0 aliphatic carbocycles. The van der Waals surface area contributed by atoms with E-state index in [1.165, 1.54) is 0 Å². The molecule has 0 amide bonds. The van der Waals surface area contributed by atoms with Crippen LogP contribution < -0.4 is 0 Å². The van der Waals surface area contributed by atoms with E-state index in [2.05, 4.69) is 4.98 Å². The summed E-state index contributed by atoms with van der Waals surface area (Å²) < 4.78 is 0. The van der Waals surface area contributed by atoms with Gasteiger partial charge in [0.15, 0.2) is 0 Å². The molecule has 0 radical (unpaired) electrons. The molecule has 0 saturated heterocycles. The van der Waals surface area contributed by atoms with Gasteiger partial charge in [-0.15, -0.1) is 0 Å². The molecule has 1 aromatic heterocycles. The molecule has 3 aromatic rings. The average Bonchev–Trinajstić information content (AvgIpc) is 2.41. The van der Waals surface area contributed by atoms with Crippen LogP contribution in [-0.4, -0.2) is 4.98 Å². The van der Waals surface area contributed by atoms with E-state index in [4.69, 9.17) is 23.2 Å². The third kappa shape index (κ3) is 2.07. The molecule has 0 spiro atoms. The zero-order valence-corrected chi connectivity index (χ0v) is 10.9. The highest BCUT2D eigenvalue weighted by atomic mass is 35.5. The minimum absolute atomic E-state index is 0.655. The number of benzene rings is 2. The fraction of sp³-hybridized carbons (Fsp3) is 0. The van der Waals surface area contributed by atoms with Crippen LogP contribution in [0.1, 0.15) is 0 Å². The Bertz CT molecular complexity index is 723. The van der Waals surface area contributed by atoms with Gasteiger partial charge in [-0.1, -0.05) is 47.5 Å². The van der Waals surface area contributed by atoms with Crippen molar-refractivity contribution in [2.24, 2.45) is 0 Å². The number of para-hydroxylation sites is 1. The third-order valence-corrected chi connectivity index (χ3v) is 3.37. The maximum absolute atomic E-state index is 6.18.